The fourth-order valence-electron chi connectivity index (χ4n) is 0.781. The Hall–Kier alpha value is 0.274. The third kappa shape index (κ3) is 4.67. The number of nitrogens with one attached hydrogen (secondary N) is 1. The van der Waals surface area contributed by atoms with Crippen molar-refractivity contribution in [2.24, 2.45) is 0 Å². The van der Waals surface area contributed by atoms with Gasteiger partial charge in [0.25, 0.3) is 0 Å². The summed E-state index contributed by atoms with van der Waals surface area (Å²) >= 11 is 0. The fraction of sp³-hybridized carbons (Fsp3) is 0.125. The largest absolute Gasteiger partial charge is 0.667 e. The number of carbonyl (C=O) groups is 1. The Morgan fingerprint density at radius 1 is 1.27 bits per heavy atom. The quantitative estimate of drug-likeness (QED) is 0.817. The third-order valence-corrected chi connectivity index (χ3v) is 1.21. The first-order valence-corrected chi connectivity index (χ1v) is 3.07. The van der Waals surface area contributed by atoms with Gasteiger partial charge in [-0.1, -0.05) is 30.3 Å². The van der Waals surface area contributed by atoms with Gasteiger partial charge in [-0.2, -0.15) is 0 Å². The topological polar surface area (TPSA) is 40.9 Å². The van der Waals surface area contributed by atoms with E-state index in [1.165, 1.54) is 0 Å². The number of amides is 1. The van der Waals surface area contributed by atoms with Gasteiger partial charge < -0.3 is 10.5 Å². The Morgan fingerprint density at radius 3 is 2.27 bits per heavy atom. The van der Waals surface area contributed by atoms with Gasteiger partial charge in [0.05, 0.1) is 5.91 Å². The van der Waals surface area contributed by atoms with Crippen LogP contribution in [0.4, 0.5) is 0 Å². The molecule has 0 unspecified atom stereocenters. The van der Waals surface area contributed by atoms with Crippen molar-refractivity contribution < 1.29 is 54.2 Å². The summed E-state index contributed by atoms with van der Waals surface area (Å²) in [5.74, 6) is -0.536. The molecule has 1 radical (unpaired) electrons. The summed E-state index contributed by atoms with van der Waals surface area (Å²) < 4.78 is 0. The van der Waals surface area contributed by atoms with E-state index >= 15 is 0 Å². The van der Waals surface area contributed by atoms with E-state index in [1.807, 2.05) is 30.3 Å². The van der Waals surface area contributed by atoms with E-state index in [0.29, 0.717) is 0 Å². The number of carbonyl (C=O) groups excluding carboxylic acids is 1. The average molecular weight is 286 g/mol. The van der Waals surface area contributed by atoms with Gasteiger partial charge in [-0.05, 0) is 5.56 Å². The molecule has 0 aliphatic carbocycles. The number of hydrogen-bond donors (Lipinski definition) is 0. The van der Waals surface area contributed by atoms with Crippen molar-refractivity contribution >= 4 is 5.91 Å². The van der Waals surface area contributed by atoms with Crippen molar-refractivity contribution in [3.63, 3.8) is 0 Å². The van der Waals surface area contributed by atoms with Crippen LogP contribution in [0.2, 0.25) is 0 Å². The molecule has 59 valence electrons. The summed E-state index contributed by atoms with van der Waals surface area (Å²) in [7, 11) is 0. The maximum absolute atomic E-state index is 10.3. The van der Waals surface area contributed by atoms with Crippen LogP contribution in [0, 0.1) is 49.4 Å². The molecule has 1 aromatic rings. The standard InChI is InChI=1S/C8H9NO.Eu/c9-8(10)6-7-4-2-1-3-5-7;/h1-5H,6H2,(H2,9,10);/p-1. The molecule has 1 aromatic carbocycles. The molecule has 0 saturated heterocycles. The maximum atomic E-state index is 10.3. The smallest absolute Gasteiger partial charge is 0.0532 e. The monoisotopic (exact) mass is 287 g/mol. The molecule has 1 amide bonds. The SMILES string of the molecule is [Eu].[NH-]C(=O)Cc1ccccc1. The molecule has 0 aromatic heterocycles. The molecule has 1 rings (SSSR count). The van der Waals surface area contributed by atoms with Crippen LogP contribution in [0.25, 0.3) is 5.73 Å². The first-order valence-electron chi connectivity index (χ1n) is 3.07. The van der Waals surface area contributed by atoms with Gasteiger partial charge in [0, 0.05) is 55.8 Å². The van der Waals surface area contributed by atoms with E-state index < -0.39 is 5.91 Å². The van der Waals surface area contributed by atoms with E-state index in [2.05, 4.69) is 0 Å². The number of benzene rings is 1. The molecule has 0 aliphatic heterocycles. The Balaban J connectivity index is 0.000001000. The number of rotatable bonds is 2. The van der Waals surface area contributed by atoms with Crippen LogP contribution in [0.1, 0.15) is 5.56 Å². The minimum Gasteiger partial charge on any atom is -0.667 e. The molecule has 0 saturated carbocycles. The van der Waals surface area contributed by atoms with Gasteiger partial charge in [-0.3, -0.25) is 0 Å². The first kappa shape index (κ1) is 11.3. The summed E-state index contributed by atoms with van der Waals surface area (Å²) in [6, 6.07) is 9.29. The van der Waals surface area contributed by atoms with Crippen molar-refractivity contribution in [1.29, 1.82) is 0 Å². The van der Waals surface area contributed by atoms with Gasteiger partial charge in [-0.25, -0.2) is 0 Å². The second kappa shape index (κ2) is 5.87. The third-order valence-electron chi connectivity index (χ3n) is 1.21. The molecular formula is C8H8EuNO-. The van der Waals surface area contributed by atoms with Crippen LogP contribution in [0.3, 0.4) is 0 Å². The van der Waals surface area contributed by atoms with Crippen LogP contribution in [-0.2, 0) is 11.2 Å². The van der Waals surface area contributed by atoms with E-state index in [1.54, 1.807) is 0 Å². The summed E-state index contributed by atoms with van der Waals surface area (Å²) in [5.41, 5.74) is 7.58. The zero-order valence-electron chi connectivity index (χ0n) is 5.88. The molecule has 0 atom stereocenters. The van der Waals surface area contributed by atoms with Crippen LogP contribution < -0.4 is 0 Å². The molecule has 0 fully saturated rings. The Kier molecular flexibility index (Phi) is 6.01. The van der Waals surface area contributed by atoms with E-state index in [-0.39, 0.29) is 55.8 Å². The minimum absolute atomic E-state index is 0. The Bertz CT molecular complexity index is 223. The van der Waals surface area contributed by atoms with Crippen molar-refractivity contribution in [1.82, 2.24) is 0 Å². The van der Waals surface area contributed by atoms with Crippen molar-refractivity contribution in [2.45, 2.75) is 6.42 Å². The van der Waals surface area contributed by atoms with Gasteiger partial charge in [0.1, 0.15) is 0 Å². The molecule has 11 heavy (non-hydrogen) atoms. The average Bonchev–Trinajstić information content (AvgIpc) is 1.88. The summed E-state index contributed by atoms with van der Waals surface area (Å²) in [5, 5.41) is 0. The molecule has 0 spiro atoms. The summed E-state index contributed by atoms with van der Waals surface area (Å²) in [6.07, 6.45) is 0.223. The van der Waals surface area contributed by atoms with Crippen molar-refractivity contribution in [3.05, 3.63) is 41.6 Å². The van der Waals surface area contributed by atoms with E-state index in [0.717, 1.165) is 5.56 Å². The van der Waals surface area contributed by atoms with Crippen LogP contribution in [0.5, 0.6) is 0 Å². The van der Waals surface area contributed by atoms with Crippen LogP contribution in [0.15, 0.2) is 30.3 Å². The zero-order chi connectivity index (χ0) is 7.40. The van der Waals surface area contributed by atoms with Crippen LogP contribution >= 0.6 is 0 Å². The Morgan fingerprint density at radius 2 is 1.82 bits per heavy atom. The minimum atomic E-state index is -0.536. The van der Waals surface area contributed by atoms with E-state index in [9.17, 15) is 4.79 Å². The molecule has 3 heteroatoms. The van der Waals surface area contributed by atoms with Crippen LogP contribution in [-0.4, -0.2) is 5.91 Å². The predicted octanol–water partition coefficient (Wildman–Crippen LogP) is 1.81. The van der Waals surface area contributed by atoms with Crippen molar-refractivity contribution in [2.75, 3.05) is 0 Å². The predicted molar refractivity (Wildman–Crippen MR) is 39.5 cm³/mol. The van der Waals surface area contributed by atoms with Crippen molar-refractivity contribution in [3.8, 4) is 0 Å². The van der Waals surface area contributed by atoms with Gasteiger partial charge in [0.15, 0.2) is 0 Å². The molecule has 0 aliphatic rings. The molecular weight excluding hydrogens is 278 g/mol. The second-order valence-corrected chi connectivity index (χ2v) is 2.09. The summed E-state index contributed by atoms with van der Waals surface area (Å²) in [4.78, 5) is 10.3. The van der Waals surface area contributed by atoms with E-state index in [4.69, 9.17) is 5.73 Å². The van der Waals surface area contributed by atoms with Gasteiger partial charge >= 0.3 is 0 Å². The van der Waals surface area contributed by atoms with Gasteiger partial charge in [0.2, 0.25) is 0 Å². The second-order valence-electron chi connectivity index (χ2n) is 2.09. The fourth-order valence-corrected chi connectivity index (χ4v) is 0.781. The Labute approximate surface area is 107 Å². The number of hydrogen-bond acceptors (Lipinski definition) is 1. The molecule has 0 bridgehead atoms. The van der Waals surface area contributed by atoms with Gasteiger partial charge in [-0.15, -0.1) is 0 Å². The molecule has 1 N–H and O–H groups in total. The normalized spacial score (nSPS) is 8.36. The zero-order valence-corrected chi connectivity index (χ0v) is 8.31. The maximum Gasteiger partial charge on any atom is 0.0532 e. The molecule has 0 heterocycles. The summed E-state index contributed by atoms with van der Waals surface area (Å²) in [6.45, 7) is 0. The first-order chi connectivity index (χ1) is 4.79. The molecule has 2 nitrogen and oxygen atoms in total.